The van der Waals surface area contributed by atoms with Crippen LogP contribution in [0, 0.1) is 0 Å². The molecule has 126 heavy (non-hydrogen) atoms. The van der Waals surface area contributed by atoms with E-state index >= 15 is 0 Å². The fourth-order valence-electron chi connectivity index (χ4n) is 13.1. The van der Waals surface area contributed by atoms with Gasteiger partial charge in [0.1, 0.15) is 54.4 Å². The molecule has 0 spiro atoms. The number of aliphatic imine (C=N–C) groups is 1. The Labute approximate surface area is 723 Å². The van der Waals surface area contributed by atoms with Crippen LogP contribution in [0.5, 0.6) is 0 Å². The van der Waals surface area contributed by atoms with Crippen LogP contribution < -0.4 is 58.1 Å². The lowest BCUT2D eigenvalue weighted by Crippen LogP contribution is -2.60. The van der Waals surface area contributed by atoms with Crippen molar-refractivity contribution in [2.45, 2.75) is 244 Å². The first kappa shape index (κ1) is 105. The summed E-state index contributed by atoms with van der Waals surface area (Å²) < 4.78 is 56.1. The predicted octanol–water partition coefficient (Wildman–Crippen LogP) is 0.681. The van der Waals surface area contributed by atoms with Crippen molar-refractivity contribution >= 4 is 151 Å². The molecule has 1 unspecified atom stereocenters. The summed E-state index contributed by atoms with van der Waals surface area (Å²) >= 11 is -2.18. The number of allylic oxidation sites excluding steroid dienone is 8. The zero-order chi connectivity index (χ0) is 94.7. The molecule has 690 valence electrons. The summed E-state index contributed by atoms with van der Waals surface area (Å²) in [5.74, 6) is -27.4. The third-order valence-electron chi connectivity index (χ3n) is 19.9. The van der Waals surface area contributed by atoms with Gasteiger partial charge in [-0.3, -0.25) is 101 Å². The zero-order valence-electron chi connectivity index (χ0n) is 69.1. The summed E-state index contributed by atoms with van der Waals surface area (Å²) in [5, 5.41) is 108. The molecule has 10 amide bonds. The van der Waals surface area contributed by atoms with Gasteiger partial charge in [0.2, 0.25) is 59.1 Å². The lowest BCUT2D eigenvalue weighted by molar-refractivity contribution is -0.141. The van der Waals surface area contributed by atoms with Gasteiger partial charge in [-0.15, -0.1) is 0 Å². The molecule has 21 N–H and O–H groups in total. The zero-order valence-corrected chi connectivity index (χ0v) is 70.7. The van der Waals surface area contributed by atoms with E-state index in [2.05, 4.69) is 53.2 Å². The van der Waals surface area contributed by atoms with Gasteiger partial charge in [-0.2, -0.15) is 8.42 Å². The van der Waals surface area contributed by atoms with Crippen molar-refractivity contribution in [2.24, 2.45) is 4.99 Å². The molecule has 0 bridgehead atoms. The van der Waals surface area contributed by atoms with E-state index in [0.717, 1.165) is 12.6 Å². The third-order valence-corrected chi connectivity index (χ3v) is 21.4. The van der Waals surface area contributed by atoms with E-state index in [0.29, 0.717) is 41.2 Å². The summed E-state index contributed by atoms with van der Waals surface area (Å²) in [7, 11) is -3.52. The maximum atomic E-state index is 14.3. The van der Waals surface area contributed by atoms with Crippen LogP contribution in [-0.2, 0) is 123 Å². The molecule has 0 aromatic heterocycles. The Morgan fingerprint density at radius 2 is 0.714 bits per heavy atom. The van der Waals surface area contributed by atoms with Crippen LogP contribution in [0.3, 0.4) is 0 Å². The van der Waals surface area contributed by atoms with Crippen molar-refractivity contribution in [3.63, 3.8) is 0 Å². The number of fused-ring (bicyclic) bond motifs is 2. The van der Waals surface area contributed by atoms with Crippen LogP contribution in [0.2, 0.25) is 0 Å². The van der Waals surface area contributed by atoms with Crippen molar-refractivity contribution in [2.75, 3.05) is 18.5 Å². The highest BCUT2D eigenvalue weighted by molar-refractivity contribution is 7.85. The summed E-state index contributed by atoms with van der Waals surface area (Å²) in [6.45, 7) is 7.85. The highest BCUT2D eigenvalue weighted by Crippen LogP contribution is 2.49. The van der Waals surface area contributed by atoms with Crippen molar-refractivity contribution in [3.8, 4) is 0 Å². The summed E-state index contributed by atoms with van der Waals surface area (Å²) in [4.78, 5) is 252. The number of carbonyl (C=O) groups is 19. The van der Waals surface area contributed by atoms with E-state index in [9.17, 15) is 159 Å². The normalized spacial score (nSPS) is 15.8. The molecule has 0 saturated heterocycles. The van der Waals surface area contributed by atoms with Gasteiger partial charge in [-0.1, -0.05) is 64.5 Å². The first-order valence-electron chi connectivity index (χ1n) is 39.3. The number of rotatable bonds is 57. The molecule has 10 atom stereocenters. The number of anilines is 1. The number of nitrogens with one attached hydrogen (secondary N) is 10. The second kappa shape index (κ2) is 49.9. The second-order valence-electron chi connectivity index (χ2n) is 30.1. The van der Waals surface area contributed by atoms with Crippen LogP contribution >= 0.6 is 0 Å². The van der Waals surface area contributed by atoms with Crippen molar-refractivity contribution in [3.05, 3.63) is 95.8 Å². The van der Waals surface area contributed by atoms with Gasteiger partial charge in [0, 0.05) is 100 Å². The molecule has 0 saturated carbocycles. The molecule has 2 aliphatic heterocycles. The number of nitrogens with zero attached hydrogens (tertiary/aromatic N) is 2. The van der Waals surface area contributed by atoms with E-state index < -0.39 is 315 Å². The number of carboxylic acids is 9. The maximum absolute atomic E-state index is 14.3. The van der Waals surface area contributed by atoms with Gasteiger partial charge >= 0.3 is 53.7 Å². The molecule has 45 nitrogen and oxygen atoms in total. The monoisotopic (exact) mass is 1810 g/mol. The minimum absolute atomic E-state index is 0.136. The maximum Gasteiger partial charge on any atom is 0.303 e. The second-order valence-corrected chi connectivity index (χ2v) is 32.5. The van der Waals surface area contributed by atoms with Gasteiger partial charge in [0.15, 0.2) is 11.1 Å². The Hall–Kier alpha value is -13.2. The van der Waals surface area contributed by atoms with Crippen LogP contribution in [0.15, 0.2) is 99.4 Å². The Morgan fingerprint density at radius 3 is 1.03 bits per heavy atom. The average molecular weight is 1810 g/mol. The number of unbranched alkanes of at least 4 members (excludes halogenated alkanes) is 2. The quantitative estimate of drug-likeness (QED) is 0.0187. The molecule has 4 rings (SSSR count). The summed E-state index contributed by atoms with van der Waals surface area (Å²) in [6, 6.07) is -9.03. The number of benzene rings is 2. The molecule has 2 aromatic rings. The fraction of sp³-hybridized carbons (Fsp3) is 0.494. The van der Waals surface area contributed by atoms with Gasteiger partial charge in [0.25, 0.3) is 10.1 Å². The van der Waals surface area contributed by atoms with Crippen molar-refractivity contribution in [1.29, 1.82) is 0 Å². The van der Waals surface area contributed by atoms with Crippen LogP contribution in [0.4, 0.5) is 11.4 Å². The van der Waals surface area contributed by atoms with Gasteiger partial charge in [-0.25, -0.2) is 4.21 Å². The molecule has 0 aliphatic carbocycles. The number of aliphatic carboxylic acids is 9. The smallest absolute Gasteiger partial charge is 0.303 e. The molecular formula is C79H104N12O33S2. The minimum Gasteiger partial charge on any atom is -0.481 e. The van der Waals surface area contributed by atoms with E-state index in [1.165, 1.54) is 24.3 Å². The topological polar surface area (TPSA) is 734 Å². The number of likely N-dealkylation sites (N-methyl/N-ethyl adjacent to an activating group) is 1. The number of carboxylic acid groups (broad SMARTS) is 9. The largest absolute Gasteiger partial charge is 0.481 e. The van der Waals surface area contributed by atoms with E-state index in [-0.39, 0.29) is 29.2 Å². The number of amides is 10. The molecule has 2 aromatic carbocycles. The predicted molar refractivity (Wildman–Crippen MR) is 439 cm³/mol. The van der Waals surface area contributed by atoms with Crippen molar-refractivity contribution in [1.82, 2.24) is 53.2 Å². The fourth-order valence-corrected chi connectivity index (χ4v) is 14.0. The molecule has 2 heterocycles. The molecule has 47 heteroatoms. The summed E-state index contributed by atoms with van der Waals surface area (Å²) in [6.07, 6.45) is -2.55. The first-order valence-corrected chi connectivity index (χ1v) is 41.9. The average Bonchev–Trinajstić information content (AvgIpc) is 1.59. The Morgan fingerprint density at radius 1 is 0.397 bits per heavy atom. The number of hydrogen-bond donors (Lipinski definition) is 21. The Balaban J connectivity index is 1.56. The van der Waals surface area contributed by atoms with Gasteiger partial charge < -0.3 is 109 Å². The molecule has 2 aliphatic rings. The van der Waals surface area contributed by atoms with Crippen LogP contribution in [0.1, 0.15) is 180 Å². The minimum atomic E-state index is -4.64. The van der Waals surface area contributed by atoms with E-state index in [4.69, 9.17) is 4.99 Å². The van der Waals surface area contributed by atoms with E-state index in [1.807, 2.05) is 44.7 Å². The Bertz CT molecular complexity index is 4750. The highest BCUT2D eigenvalue weighted by atomic mass is 32.2. The highest BCUT2D eigenvalue weighted by Gasteiger charge is 2.42. The summed E-state index contributed by atoms with van der Waals surface area (Å²) in [5.41, 5.74) is 2.60. The van der Waals surface area contributed by atoms with Gasteiger partial charge in [0.05, 0.1) is 21.2 Å². The van der Waals surface area contributed by atoms with Crippen LogP contribution in [-0.4, -0.2) is 254 Å². The van der Waals surface area contributed by atoms with Crippen LogP contribution in [0.25, 0.3) is 0 Å². The Kier molecular flexibility index (Phi) is 41.7. The van der Waals surface area contributed by atoms with Gasteiger partial charge in [-0.05, 0) is 130 Å². The standard InChI is InChI=1S/C79H104N12O33S2/c1-78(2)44-40-42(125(120)121)17-19-46(44)81-57(78)14-10-7-6-8-11-15-58-79(3,4)45-41-43(126(122,123)124)18-29-56(45)91(58)39-13-9-12-16-59(92)82-48(21-31-61(95)96)70(112)84-50(23-33-63(99)100)72(114)86-52(25-35-65(103)104)74(116)88-54(27-37-67(107)108)76(118)90-55(28-38-68(109)110)77(119)89-53(26-36-66(105)106)75(117)87-51(24-34-64(101)102)73(115)85-49(22-32-62(97)98)71(113)83-47(69(111)80-5)20-30-60(93)94/h6-8,10-11,14-15,17-19,29,40-41,47-55H,9,12-13,16,20-28,30-39H2,1-5H3,(H,80,111)(H,82,92)(H,83,113)(H,84,112)(H,85,115)(H,86,114)(H,87,117)(H,88,116)(H,89,119)(H,90,118)(H,93,94)(H,95,96)(H,97,98)(H,99,100)(H,101,102)(H,103,104)(H,105,106)(H,107,108)(H,109,110)(H,120,121)(H,122,123,124)/b7-6+,11-8+,14-10+,58-15+/t47-,48-,49-,50-,51-,52-,53-,54-,55-/m1/s1. The molecule has 0 fully saturated rings. The van der Waals surface area contributed by atoms with Crippen molar-refractivity contribution < 1.29 is 159 Å². The SMILES string of the molecule is CNC(=O)[C@@H](CCC(=O)O)NC(=O)[C@@H](CCC(=O)O)NC(=O)[C@@H](CCC(=O)O)NC(=O)[C@@H](CCC(=O)O)NC(=O)[C@@H](CCC(=O)O)NC(=O)[C@@H](CCC(=O)O)NC(=O)[C@@H](CCC(=O)O)NC(=O)[C@@H](CCC(=O)O)NC(=O)[C@@H](CCC(=O)O)NC(=O)CCCCCN1/C(=C/C=C/C=C/C=C/C2=Nc3ccc(S(=O)O)cc3C2(C)C)C(C)(C)c2cc(S(=O)(=O)O)ccc21. The first-order chi connectivity index (χ1) is 59.0. The lowest BCUT2D eigenvalue weighted by atomic mass is 9.81. The lowest BCUT2D eigenvalue weighted by Gasteiger charge is -2.28. The van der Waals surface area contributed by atoms with E-state index in [1.54, 1.807) is 42.5 Å². The number of carbonyl (C=O) groups excluding carboxylic acids is 10. The molecule has 0 radical (unpaired) electrons. The number of hydrogen-bond acceptors (Lipinski definition) is 24. The third kappa shape index (κ3) is 34.9. The molecular weight excluding hydrogens is 1710 g/mol.